The molecule has 11 aromatic rings. The predicted octanol–water partition coefficient (Wildman–Crippen LogP) is -37.9. The fraction of sp³-hybridized carbons (Fsp3) is 0. The Balaban J connectivity index is 1.37. The van der Waals surface area contributed by atoms with Crippen LogP contribution in [0, 0.1) is 0 Å². The fourth-order valence-electron chi connectivity index (χ4n) is 16.5. The molecule has 0 aliphatic heterocycles. The molecule has 0 aliphatic carbocycles. The van der Waals surface area contributed by atoms with Gasteiger partial charge in [0.25, 0.3) is 0 Å². The van der Waals surface area contributed by atoms with Crippen LogP contribution in [0.5, 0.6) is 0 Å². The van der Waals surface area contributed by atoms with Crippen molar-refractivity contribution >= 4 is 475 Å². The first-order valence-corrected chi connectivity index (χ1v) is 30.2. The van der Waals surface area contributed by atoms with Crippen molar-refractivity contribution in [2.75, 3.05) is 0 Å². The lowest BCUT2D eigenvalue weighted by Crippen LogP contribution is -2.52. The minimum atomic E-state index is 1.03. The van der Waals surface area contributed by atoms with Gasteiger partial charge in [-0.25, -0.2) is 0 Å². The SMILES string of the molecule is Bc1c(B)c(-c2c(B)c3c(B)c(B)c(B)c(B)c3c3c(B)c(B)c(B)c(B)c23)c(B)c(B)c1-c1c2c(B)c(B)c(B)c(B)c2c(-c2c(B)c(B)c3oc4c5c(B)c(B)c(B)c(B)c5c(B)c(B)c4c3c2B)c2c(B)c(B)c(B)c(B)c12. The summed E-state index contributed by atoms with van der Waals surface area (Å²) in [5, 5.41) is 16.5. The van der Waals surface area contributed by atoms with Gasteiger partial charge in [-0.1, -0.05) is 109 Å². The smallest absolute Gasteiger partial charge is 0.143 e. The summed E-state index contributed by atoms with van der Waals surface area (Å²) in [6.45, 7) is 0. The van der Waals surface area contributed by atoms with Crippen LogP contribution in [0.15, 0.2) is 4.42 Å². The summed E-state index contributed by atoms with van der Waals surface area (Å²) in [4.78, 5) is 0. The number of hydrogen-bond acceptors (Lipinski definition) is 1. The first-order valence-electron chi connectivity index (χ1n) is 30.2. The van der Waals surface area contributed by atoms with Crippen molar-refractivity contribution in [3.05, 3.63) is 0 Å². The van der Waals surface area contributed by atoms with Crippen molar-refractivity contribution in [3.8, 4) is 33.4 Å². The molecule has 0 saturated carbocycles. The molecular weight excluding hydrogens is 941 g/mol. The van der Waals surface area contributed by atoms with Crippen molar-refractivity contribution < 1.29 is 4.42 Å². The highest BCUT2D eigenvalue weighted by atomic mass is 16.3. The van der Waals surface area contributed by atoms with Gasteiger partial charge in [-0.15, -0.1) is 54.6 Å². The van der Waals surface area contributed by atoms with Crippen LogP contribution in [0.2, 0.25) is 0 Å². The second-order valence-corrected chi connectivity index (χ2v) is 26.3. The van der Waals surface area contributed by atoms with Gasteiger partial charge in [0, 0.05) is 16.2 Å². The molecule has 31 heteroatoms. The lowest BCUT2D eigenvalue weighted by atomic mass is 9.55. The highest BCUT2D eigenvalue weighted by Gasteiger charge is 2.33. The number of furan rings is 1. The minimum absolute atomic E-state index is 1.03. The first-order chi connectivity index (χ1) is 37.8. The Morgan fingerprint density at radius 3 is 0.654 bits per heavy atom. The quantitative estimate of drug-likeness (QED) is 0.0977. The van der Waals surface area contributed by atoms with E-state index in [0.29, 0.717) is 0 Å². The lowest BCUT2D eigenvalue weighted by Gasteiger charge is -2.32. The standard InChI is InChI=1S/C50H60B30O/c51-19-9(7-8(26(58)43(75)42(74)25(7)57)10-13(19)33(65)45(77)44(76)27(10)59)14-30(62)28(60)12(29(61)31(14)63)2-5-3(21(53)38(70)40(72)23(5)55)1(4-6(2)24(56)41(73)39(71)22(4)54)11-20(52)17-18-36(68)32(64)15-16(37(69)47(79)46(78)34(15)66)49(18)81-50(17)48(80)35(11)67/h51-80H2. The van der Waals surface area contributed by atoms with E-state index < -0.39 is 0 Å². The van der Waals surface area contributed by atoms with Crippen molar-refractivity contribution in [1.82, 2.24) is 0 Å². The van der Waals surface area contributed by atoms with Crippen LogP contribution in [0.1, 0.15) is 0 Å². The molecular formula is C50H60B30O. The van der Waals surface area contributed by atoms with E-state index in [9.17, 15) is 0 Å². The van der Waals surface area contributed by atoms with Gasteiger partial charge in [0.2, 0.25) is 0 Å². The van der Waals surface area contributed by atoms with Crippen LogP contribution in [0.4, 0.5) is 0 Å². The summed E-state index contributed by atoms with van der Waals surface area (Å²) in [7, 11) is 71.5. The highest BCUT2D eigenvalue weighted by Crippen LogP contribution is 2.40. The highest BCUT2D eigenvalue weighted by molar-refractivity contribution is 6.79. The zero-order valence-electron chi connectivity index (χ0n) is 55.4. The average Bonchev–Trinajstić information content (AvgIpc) is 2.55. The van der Waals surface area contributed by atoms with Gasteiger partial charge in [0.1, 0.15) is 247 Å². The molecule has 0 aliphatic rings. The van der Waals surface area contributed by atoms with Gasteiger partial charge >= 0.3 is 0 Å². The van der Waals surface area contributed by atoms with E-state index in [1.165, 1.54) is 262 Å². The van der Waals surface area contributed by atoms with Gasteiger partial charge in [-0.05, 0) is 81.9 Å². The van der Waals surface area contributed by atoms with E-state index >= 15 is 0 Å². The van der Waals surface area contributed by atoms with Crippen LogP contribution in [-0.4, -0.2) is 235 Å². The molecule has 0 atom stereocenters. The maximum atomic E-state index is 7.41. The topological polar surface area (TPSA) is 13.1 Å². The molecule has 0 bridgehead atoms. The van der Waals surface area contributed by atoms with Crippen molar-refractivity contribution in [1.29, 1.82) is 0 Å². The van der Waals surface area contributed by atoms with Crippen molar-refractivity contribution in [3.63, 3.8) is 0 Å². The van der Waals surface area contributed by atoms with E-state index in [1.807, 2.05) is 0 Å². The summed E-state index contributed by atoms with van der Waals surface area (Å²) in [5.41, 5.74) is 51.5. The molecule has 81 heavy (non-hydrogen) atoms. The maximum absolute atomic E-state index is 7.41. The third-order valence-corrected chi connectivity index (χ3v) is 23.5. The van der Waals surface area contributed by atoms with E-state index in [1.54, 1.807) is 0 Å². The Bertz CT molecular complexity index is 4820. The Kier molecular flexibility index (Phi) is 13.9. The van der Waals surface area contributed by atoms with E-state index in [4.69, 9.17) is 4.42 Å². The molecule has 0 saturated heterocycles. The molecule has 0 spiro atoms. The van der Waals surface area contributed by atoms with Crippen LogP contribution in [0.25, 0.3) is 109 Å². The second-order valence-electron chi connectivity index (χ2n) is 26.3. The first kappa shape index (κ1) is 58.0. The number of hydrogen-bond donors (Lipinski definition) is 0. The molecule has 0 unspecified atom stereocenters. The summed E-state index contributed by atoms with van der Waals surface area (Å²) in [5.74, 6) is 0. The molecule has 0 amide bonds. The monoisotopic (exact) mass is 1010 g/mol. The van der Waals surface area contributed by atoms with Crippen LogP contribution in [0.3, 0.4) is 0 Å². The molecule has 1 aromatic heterocycles. The molecule has 1 nitrogen and oxygen atoms in total. The van der Waals surface area contributed by atoms with Crippen LogP contribution >= 0.6 is 0 Å². The minimum Gasteiger partial charge on any atom is -0.456 e. The summed E-state index contributed by atoms with van der Waals surface area (Å²) in [6, 6.07) is 0. The summed E-state index contributed by atoms with van der Waals surface area (Å²) in [6.07, 6.45) is 0. The number of benzene rings is 10. The number of fused-ring (bicyclic) bond motifs is 10. The zero-order chi connectivity index (χ0) is 59.6. The molecule has 10 aromatic carbocycles. The van der Waals surface area contributed by atoms with E-state index in [2.05, 4.69) is 235 Å². The summed E-state index contributed by atoms with van der Waals surface area (Å²) >= 11 is 0. The van der Waals surface area contributed by atoms with Crippen molar-refractivity contribution in [2.24, 2.45) is 0 Å². The van der Waals surface area contributed by atoms with Crippen molar-refractivity contribution in [2.45, 2.75) is 0 Å². The Labute approximate surface area is 509 Å². The lowest BCUT2D eigenvalue weighted by molar-refractivity contribution is 0.676. The Morgan fingerprint density at radius 1 is 0.111 bits per heavy atom. The predicted molar refractivity (Wildman–Crippen MR) is 463 cm³/mol. The third-order valence-electron chi connectivity index (χ3n) is 23.5. The van der Waals surface area contributed by atoms with E-state index in [-0.39, 0.29) is 0 Å². The zero-order valence-corrected chi connectivity index (χ0v) is 55.4. The Morgan fingerprint density at radius 2 is 0.296 bits per heavy atom. The van der Waals surface area contributed by atoms with E-state index in [0.717, 1.165) is 11.2 Å². The fourth-order valence-corrected chi connectivity index (χ4v) is 16.5. The Hall–Kier alpha value is -4.75. The van der Waals surface area contributed by atoms with Crippen LogP contribution in [-0.2, 0) is 0 Å². The maximum Gasteiger partial charge on any atom is 0.143 e. The molecule has 356 valence electrons. The normalized spacial score (nSPS) is 12.0. The molecule has 0 radical (unpaired) electrons. The van der Waals surface area contributed by atoms with Gasteiger partial charge in [-0.2, -0.15) is 0 Å². The molecule has 0 fully saturated rings. The molecule has 11 rings (SSSR count). The largest absolute Gasteiger partial charge is 0.456 e. The van der Waals surface area contributed by atoms with Gasteiger partial charge in [0.05, 0.1) is 0 Å². The second kappa shape index (κ2) is 19.4. The summed E-state index contributed by atoms with van der Waals surface area (Å²) < 4.78 is 7.41. The third kappa shape index (κ3) is 7.30. The van der Waals surface area contributed by atoms with Gasteiger partial charge in [0.15, 0.2) is 0 Å². The molecule has 1 heterocycles. The van der Waals surface area contributed by atoms with Crippen LogP contribution < -0.4 is 164 Å². The van der Waals surface area contributed by atoms with Gasteiger partial charge < -0.3 is 4.42 Å². The van der Waals surface area contributed by atoms with Gasteiger partial charge in [-0.3, -0.25) is 0 Å². The average molecular weight is 1000 g/mol. The number of rotatable bonds is 3. The molecule has 0 N–H and O–H groups in total.